The fraction of sp³-hybridized carbons (Fsp3) is 0.400. The maximum atomic E-state index is 3.41. The second-order valence-corrected chi connectivity index (χ2v) is 3.16. The van der Waals surface area contributed by atoms with Crippen molar-refractivity contribution in [1.82, 2.24) is 5.32 Å². The molecule has 2 rings (SSSR count). The molecule has 1 nitrogen and oxygen atoms in total. The first-order chi connectivity index (χ1) is 5.37. The molecule has 11 heavy (non-hydrogen) atoms. The Morgan fingerprint density at radius 1 is 1.36 bits per heavy atom. The third-order valence-electron chi connectivity index (χ3n) is 2.53. The van der Waals surface area contributed by atoms with Gasteiger partial charge < -0.3 is 5.32 Å². The third kappa shape index (κ3) is 1.05. The maximum Gasteiger partial charge on any atom is 0.0559 e. The fourth-order valence-corrected chi connectivity index (χ4v) is 1.52. The Morgan fingerprint density at radius 2 is 2.00 bits per heavy atom. The number of rotatable bonds is 2. The van der Waals surface area contributed by atoms with E-state index in [4.69, 9.17) is 0 Å². The van der Waals surface area contributed by atoms with Crippen LogP contribution in [0.2, 0.25) is 0 Å². The van der Waals surface area contributed by atoms with Crippen LogP contribution in [-0.2, 0) is 5.54 Å². The smallest absolute Gasteiger partial charge is 0.0559 e. The van der Waals surface area contributed by atoms with Gasteiger partial charge in [-0.05, 0) is 12.0 Å². The van der Waals surface area contributed by atoms with Gasteiger partial charge in [0.2, 0.25) is 0 Å². The van der Waals surface area contributed by atoms with E-state index >= 15 is 0 Å². The van der Waals surface area contributed by atoms with Gasteiger partial charge in [0.25, 0.3) is 0 Å². The van der Waals surface area contributed by atoms with Crippen LogP contribution in [0.4, 0.5) is 0 Å². The summed E-state index contributed by atoms with van der Waals surface area (Å²) in [5, 5.41) is 3.41. The van der Waals surface area contributed by atoms with E-state index in [1.54, 1.807) is 0 Å². The zero-order valence-corrected chi connectivity index (χ0v) is 6.80. The summed E-state index contributed by atoms with van der Waals surface area (Å²) in [4.78, 5) is 0. The standard InChI is InChI=1S/C10H13N/c1-2-10(8-11-10)9-6-4-3-5-7-9/h3-7,11H,2,8H2,1H3. The lowest BCUT2D eigenvalue weighted by Crippen LogP contribution is -2.10. The van der Waals surface area contributed by atoms with Crippen molar-refractivity contribution in [2.75, 3.05) is 6.54 Å². The quantitative estimate of drug-likeness (QED) is 0.634. The molecular weight excluding hydrogens is 134 g/mol. The van der Waals surface area contributed by atoms with Gasteiger partial charge >= 0.3 is 0 Å². The Labute approximate surface area is 67.4 Å². The van der Waals surface area contributed by atoms with Gasteiger partial charge in [-0.25, -0.2) is 0 Å². The van der Waals surface area contributed by atoms with Crippen LogP contribution in [0.25, 0.3) is 0 Å². The molecule has 0 radical (unpaired) electrons. The predicted octanol–water partition coefficient (Wildman–Crippen LogP) is 1.90. The summed E-state index contributed by atoms with van der Waals surface area (Å²) in [6.07, 6.45) is 1.19. The van der Waals surface area contributed by atoms with E-state index in [1.807, 2.05) is 0 Å². The number of nitrogens with one attached hydrogen (secondary N) is 1. The minimum atomic E-state index is 0.335. The van der Waals surface area contributed by atoms with Crippen LogP contribution in [0.15, 0.2) is 30.3 Å². The first kappa shape index (κ1) is 6.86. The van der Waals surface area contributed by atoms with Crippen molar-refractivity contribution in [2.24, 2.45) is 0 Å². The van der Waals surface area contributed by atoms with Crippen LogP contribution in [0.1, 0.15) is 18.9 Å². The summed E-state index contributed by atoms with van der Waals surface area (Å²) in [6.45, 7) is 3.38. The van der Waals surface area contributed by atoms with E-state index in [2.05, 4.69) is 42.6 Å². The van der Waals surface area contributed by atoms with Gasteiger partial charge in [-0.2, -0.15) is 0 Å². The van der Waals surface area contributed by atoms with Crippen molar-refractivity contribution in [3.8, 4) is 0 Å². The molecule has 0 spiro atoms. The highest BCUT2D eigenvalue weighted by Crippen LogP contribution is 2.33. The van der Waals surface area contributed by atoms with Crippen LogP contribution in [0, 0.1) is 0 Å². The molecule has 58 valence electrons. The second kappa shape index (κ2) is 2.35. The Kier molecular flexibility index (Phi) is 1.46. The molecule has 1 aromatic carbocycles. The molecule has 1 aromatic rings. The molecule has 0 bridgehead atoms. The first-order valence-electron chi connectivity index (χ1n) is 4.18. The summed E-state index contributed by atoms with van der Waals surface area (Å²) in [6, 6.07) is 10.7. The van der Waals surface area contributed by atoms with E-state index in [0.717, 1.165) is 6.54 Å². The van der Waals surface area contributed by atoms with Crippen LogP contribution in [0.3, 0.4) is 0 Å². The average molecular weight is 147 g/mol. The van der Waals surface area contributed by atoms with Gasteiger partial charge in [-0.1, -0.05) is 37.3 Å². The SMILES string of the molecule is CCC1(c2ccccc2)CN1. The Morgan fingerprint density at radius 3 is 2.45 bits per heavy atom. The summed E-state index contributed by atoms with van der Waals surface area (Å²) in [5.41, 5.74) is 1.77. The zero-order valence-electron chi connectivity index (χ0n) is 6.80. The van der Waals surface area contributed by atoms with Crippen molar-refractivity contribution in [3.63, 3.8) is 0 Å². The van der Waals surface area contributed by atoms with Gasteiger partial charge in [0.1, 0.15) is 0 Å². The van der Waals surface area contributed by atoms with Crippen LogP contribution >= 0.6 is 0 Å². The number of hydrogen-bond acceptors (Lipinski definition) is 1. The molecule has 0 saturated carbocycles. The molecule has 1 heteroatoms. The van der Waals surface area contributed by atoms with Gasteiger partial charge in [0.15, 0.2) is 0 Å². The topological polar surface area (TPSA) is 21.9 Å². The monoisotopic (exact) mass is 147 g/mol. The molecule has 1 unspecified atom stereocenters. The lowest BCUT2D eigenvalue weighted by atomic mass is 9.97. The lowest BCUT2D eigenvalue weighted by Gasteiger charge is -2.09. The molecule has 0 aliphatic carbocycles. The summed E-state index contributed by atoms with van der Waals surface area (Å²) in [7, 11) is 0. The average Bonchev–Trinajstić information content (AvgIpc) is 2.86. The number of benzene rings is 1. The van der Waals surface area contributed by atoms with E-state index in [1.165, 1.54) is 12.0 Å². The van der Waals surface area contributed by atoms with E-state index in [-0.39, 0.29) is 0 Å². The molecule has 0 amide bonds. The van der Waals surface area contributed by atoms with Crippen molar-refractivity contribution < 1.29 is 0 Å². The fourth-order valence-electron chi connectivity index (χ4n) is 1.52. The van der Waals surface area contributed by atoms with E-state index in [0.29, 0.717) is 5.54 Å². The molecule has 0 aromatic heterocycles. The normalized spacial score (nSPS) is 28.5. The first-order valence-corrected chi connectivity index (χ1v) is 4.18. The summed E-state index contributed by atoms with van der Waals surface area (Å²) < 4.78 is 0. The predicted molar refractivity (Wildman–Crippen MR) is 46.4 cm³/mol. The van der Waals surface area contributed by atoms with Crippen molar-refractivity contribution >= 4 is 0 Å². The van der Waals surface area contributed by atoms with Crippen LogP contribution < -0.4 is 5.32 Å². The lowest BCUT2D eigenvalue weighted by molar-refractivity contribution is 0.648. The highest BCUT2D eigenvalue weighted by atomic mass is 15.2. The Bertz CT molecular complexity index is 236. The highest BCUT2D eigenvalue weighted by molar-refractivity contribution is 5.30. The Balaban J connectivity index is 2.30. The summed E-state index contributed by atoms with van der Waals surface area (Å²) >= 11 is 0. The summed E-state index contributed by atoms with van der Waals surface area (Å²) in [5.74, 6) is 0. The van der Waals surface area contributed by atoms with Gasteiger partial charge in [0.05, 0.1) is 5.54 Å². The highest BCUT2D eigenvalue weighted by Gasteiger charge is 2.41. The molecule has 1 saturated heterocycles. The van der Waals surface area contributed by atoms with Crippen LogP contribution in [-0.4, -0.2) is 6.54 Å². The van der Waals surface area contributed by atoms with Crippen molar-refractivity contribution in [1.29, 1.82) is 0 Å². The van der Waals surface area contributed by atoms with Crippen molar-refractivity contribution in [3.05, 3.63) is 35.9 Å². The minimum absolute atomic E-state index is 0.335. The minimum Gasteiger partial charge on any atom is -0.304 e. The van der Waals surface area contributed by atoms with Gasteiger partial charge in [0, 0.05) is 6.54 Å². The molecule has 1 aliphatic rings. The third-order valence-corrected chi connectivity index (χ3v) is 2.53. The molecule has 1 aliphatic heterocycles. The van der Waals surface area contributed by atoms with E-state index in [9.17, 15) is 0 Å². The second-order valence-electron chi connectivity index (χ2n) is 3.16. The van der Waals surface area contributed by atoms with Crippen molar-refractivity contribution in [2.45, 2.75) is 18.9 Å². The molecule has 1 atom stereocenters. The Hall–Kier alpha value is -0.820. The van der Waals surface area contributed by atoms with Gasteiger partial charge in [-0.15, -0.1) is 0 Å². The molecule has 1 heterocycles. The molecule has 1 N–H and O–H groups in total. The maximum absolute atomic E-state index is 3.41. The number of hydrogen-bond donors (Lipinski definition) is 1. The van der Waals surface area contributed by atoms with Crippen LogP contribution in [0.5, 0.6) is 0 Å². The van der Waals surface area contributed by atoms with E-state index < -0.39 is 0 Å². The zero-order chi connectivity index (χ0) is 7.73. The van der Waals surface area contributed by atoms with Gasteiger partial charge in [-0.3, -0.25) is 0 Å². The molecule has 1 fully saturated rings. The molecular formula is C10H13N. The largest absolute Gasteiger partial charge is 0.304 e.